The largest absolute Gasteiger partial charge is 0.496 e. The number of pyridine rings is 1. The second-order valence-corrected chi connectivity index (χ2v) is 6.88. The van der Waals surface area contributed by atoms with Gasteiger partial charge in [0.15, 0.2) is 0 Å². The zero-order valence-corrected chi connectivity index (χ0v) is 14.4. The highest BCUT2D eigenvalue weighted by molar-refractivity contribution is 7.84. The van der Waals surface area contributed by atoms with Crippen LogP contribution in [0.4, 0.5) is 0 Å². The van der Waals surface area contributed by atoms with Crippen molar-refractivity contribution in [3.63, 3.8) is 0 Å². The number of hydrogen-bond donors (Lipinski definition) is 0. The Morgan fingerprint density at radius 1 is 1.26 bits per heavy atom. The van der Waals surface area contributed by atoms with E-state index in [1.165, 1.54) is 0 Å². The highest BCUT2D eigenvalue weighted by atomic mass is 32.2. The molecule has 1 atom stereocenters. The SMILES string of the molecule is COc1c(C)cnc(C[S@](=O)c2nc3cc(C)ccc3[n-]2)c1C. The maximum Gasteiger partial charge on any atom is 0.128 e. The van der Waals surface area contributed by atoms with Gasteiger partial charge in [0.1, 0.15) is 5.75 Å². The summed E-state index contributed by atoms with van der Waals surface area (Å²) in [6.07, 6.45) is 1.74. The summed E-state index contributed by atoms with van der Waals surface area (Å²) in [4.78, 5) is 13.1. The van der Waals surface area contributed by atoms with Crippen LogP contribution in [0.3, 0.4) is 0 Å². The molecule has 1 aromatic carbocycles. The molecule has 23 heavy (non-hydrogen) atoms. The van der Waals surface area contributed by atoms with E-state index >= 15 is 0 Å². The predicted octanol–water partition coefficient (Wildman–Crippen LogP) is 2.83. The van der Waals surface area contributed by atoms with Crippen LogP contribution in [0.25, 0.3) is 11.0 Å². The van der Waals surface area contributed by atoms with E-state index in [9.17, 15) is 4.21 Å². The summed E-state index contributed by atoms with van der Waals surface area (Å²) in [6, 6.07) is 5.82. The molecule has 0 unspecified atom stereocenters. The Balaban J connectivity index is 1.91. The van der Waals surface area contributed by atoms with Gasteiger partial charge < -0.3 is 14.7 Å². The van der Waals surface area contributed by atoms with Crippen LogP contribution in [0.2, 0.25) is 0 Å². The van der Waals surface area contributed by atoms with Crippen molar-refractivity contribution >= 4 is 21.8 Å². The summed E-state index contributed by atoms with van der Waals surface area (Å²) in [5.74, 6) is 1.06. The molecule has 2 heterocycles. The van der Waals surface area contributed by atoms with Crippen molar-refractivity contribution in [3.05, 3.63) is 46.8 Å². The van der Waals surface area contributed by atoms with Crippen molar-refractivity contribution in [1.29, 1.82) is 0 Å². The second kappa shape index (κ2) is 6.12. The van der Waals surface area contributed by atoms with Crippen LogP contribution in [0.15, 0.2) is 29.6 Å². The van der Waals surface area contributed by atoms with E-state index in [2.05, 4.69) is 15.0 Å². The fourth-order valence-electron chi connectivity index (χ4n) is 2.56. The Morgan fingerprint density at radius 3 is 2.78 bits per heavy atom. The van der Waals surface area contributed by atoms with Gasteiger partial charge in [0.2, 0.25) is 0 Å². The molecule has 0 aliphatic carbocycles. The first-order valence-electron chi connectivity index (χ1n) is 7.28. The Labute approximate surface area is 137 Å². The maximum absolute atomic E-state index is 12.6. The lowest BCUT2D eigenvalue weighted by Gasteiger charge is -2.12. The number of benzene rings is 1. The Hall–Kier alpha value is -2.21. The van der Waals surface area contributed by atoms with Crippen molar-refractivity contribution in [2.24, 2.45) is 0 Å². The average molecular weight is 328 g/mol. The smallest absolute Gasteiger partial charge is 0.128 e. The third-order valence-corrected chi connectivity index (χ3v) is 4.91. The van der Waals surface area contributed by atoms with E-state index in [1.54, 1.807) is 13.3 Å². The molecule has 120 valence electrons. The molecule has 3 aromatic rings. The van der Waals surface area contributed by atoms with Gasteiger partial charge in [-0.3, -0.25) is 9.19 Å². The fourth-order valence-corrected chi connectivity index (χ4v) is 3.62. The summed E-state index contributed by atoms with van der Waals surface area (Å²) < 4.78 is 18.0. The summed E-state index contributed by atoms with van der Waals surface area (Å²) in [5, 5.41) is 0.353. The number of ether oxygens (including phenoxy) is 1. The minimum Gasteiger partial charge on any atom is -0.496 e. The van der Waals surface area contributed by atoms with Crippen molar-refractivity contribution in [2.75, 3.05) is 7.11 Å². The molecule has 0 amide bonds. The minimum absolute atomic E-state index is 0.276. The summed E-state index contributed by atoms with van der Waals surface area (Å²) in [6.45, 7) is 5.86. The van der Waals surface area contributed by atoms with Crippen LogP contribution in [-0.4, -0.2) is 21.3 Å². The van der Waals surface area contributed by atoms with Crippen molar-refractivity contribution < 1.29 is 8.95 Å². The lowest BCUT2D eigenvalue weighted by Crippen LogP contribution is -2.05. The van der Waals surface area contributed by atoms with Crippen molar-refractivity contribution in [2.45, 2.75) is 31.7 Å². The molecular weight excluding hydrogens is 310 g/mol. The zero-order valence-electron chi connectivity index (χ0n) is 13.6. The second-order valence-electron chi connectivity index (χ2n) is 5.53. The van der Waals surface area contributed by atoms with Crippen LogP contribution >= 0.6 is 0 Å². The van der Waals surface area contributed by atoms with Crippen LogP contribution < -0.4 is 9.72 Å². The molecule has 0 bridgehead atoms. The quantitative estimate of drug-likeness (QED) is 0.737. The third kappa shape index (κ3) is 2.99. The number of methoxy groups -OCH3 is 1. The molecule has 5 nitrogen and oxygen atoms in total. The molecule has 0 aliphatic heterocycles. The molecule has 0 aliphatic rings. The van der Waals surface area contributed by atoms with E-state index in [4.69, 9.17) is 4.74 Å². The molecule has 0 saturated carbocycles. The maximum atomic E-state index is 12.6. The van der Waals surface area contributed by atoms with Gasteiger partial charge >= 0.3 is 0 Å². The van der Waals surface area contributed by atoms with Crippen LogP contribution in [0.5, 0.6) is 5.75 Å². The monoisotopic (exact) mass is 328 g/mol. The molecule has 0 radical (unpaired) electrons. The number of rotatable bonds is 4. The molecule has 0 spiro atoms. The zero-order chi connectivity index (χ0) is 16.6. The van der Waals surface area contributed by atoms with Gasteiger partial charge in [0, 0.05) is 22.5 Å². The van der Waals surface area contributed by atoms with E-state index in [-0.39, 0.29) is 5.75 Å². The fraction of sp³-hybridized carbons (Fsp3) is 0.294. The number of fused-ring (bicyclic) bond motifs is 1. The van der Waals surface area contributed by atoms with Gasteiger partial charge in [-0.15, -0.1) is 0 Å². The minimum atomic E-state index is -1.34. The highest BCUT2D eigenvalue weighted by Gasteiger charge is 2.12. The standard InChI is InChI=1S/C17H18N3O2S/c1-10-5-6-13-14(7-10)20-17(19-13)23(21)9-15-12(3)16(22-4)11(2)8-18-15/h5-8H,9H2,1-4H3/q-1/t23-/m0/s1. The Bertz CT molecular complexity index is 902. The van der Waals surface area contributed by atoms with Gasteiger partial charge in [-0.25, -0.2) is 0 Å². The topological polar surface area (TPSA) is 66.2 Å². The number of hydrogen-bond acceptors (Lipinski definition) is 4. The van der Waals surface area contributed by atoms with E-state index < -0.39 is 10.8 Å². The van der Waals surface area contributed by atoms with Crippen LogP contribution in [0, 0.1) is 20.8 Å². The summed E-state index contributed by atoms with van der Waals surface area (Å²) in [7, 11) is 0.289. The number of imidazole rings is 1. The molecule has 0 fully saturated rings. The summed E-state index contributed by atoms with van der Waals surface area (Å²) in [5.41, 5.74) is 5.27. The van der Waals surface area contributed by atoms with E-state index in [1.807, 2.05) is 39.0 Å². The van der Waals surface area contributed by atoms with Gasteiger partial charge in [0.25, 0.3) is 0 Å². The highest BCUT2D eigenvalue weighted by Crippen LogP contribution is 2.25. The molecule has 6 heteroatoms. The molecule has 0 N–H and O–H groups in total. The molecular formula is C17H18N3O2S-. The molecule has 3 rings (SSSR count). The normalized spacial score (nSPS) is 12.5. The van der Waals surface area contributed by atoms with Gasteiger partial charge in [-0.1, -0.05) is 23.8 Å². The first-order valence-corrected chi connectivity index (χ1v) is 8.60. The first kappa shape index (κ1) is 15.7. The van der Waals surface area contributed by atoms with Gasteiger partial charge in [0.05, 0.1) is 29.4 Å². The van der Waals surface area contributed by atoms with Crippen molar-refractivity contribution in [1.82, 2.24) is 15.0 Å². The Morgan fingerprint density at radius 2 is 2.04 bits per heavy atom. The number of aromatic nitrogens is 3. The Kier molecular flexibility index (Phi) is 4.17. The lowest BCUT2D eigenvalue weighted by molar-refractivity contribution is 0.407. The first-order chi connectivity index (χ1) is 11.0. The van der Waals surface area contributed by atoms with Crippen LogP contribution in [-0.2, 0) is 16.6 Å². The average Bonchev–Trinajstić information content (AvgIpc) is 2.93. The van der Waals surface area contributed by atoms with Gasteiger partial charge in [-0.2, -0.15) is 0 Å². The van der Waals surface area contributed by atoms with Gasteiger partial charge in [-0.05, 0) is 31.8 Å². The molecule has 2 aromatic heterocycles. The lowest BCUT2D eigenvalue weighted by atomic mass is 10.1. The van der Waals surface area contributed by atoms with Crippen LogP contribution in [0.1, 0.15) is 22.4 Å². The third-order valence-electron chi connectivity index (χ3n) is 3.78. The van der Waals surface area contributed by atoms with E-state index in [0.29, 0.717) is 5.16 Å². The predicted molar refractivity (Wildman–Crippen MR) is 90.2 cm³/mol. The molecule has 0 saturated heterocycles. The number of aryl methyl sites for hydroxylation is 2. The number of nitrogens with zero attached hydrogens (tertiary/aromatic N) is 3. The van der Waals surface area contributed by atoms with E-state index in [0.717, 1.165) is 39.2 Å². The van der Waals surface area contributed by atoms with Crippen molar-refractivity contribution in [3.8, 4) is 5.75 Å². The summed E-state index contributed by atoms with van der Waals surface area (Å²) >= 11 is 0.